The number of hydrogen-bond donors (Lipinski definition) is 1. The van der Waals surface area contributed by atoms with Crippen molar-refractivity contribution in [2.45, 2.75) is 24.7 Å². The Morgan fingerprint density at radius 1 is 1.09 bits per heavy atom. The van der Waals surface area contributed by atoms with E-state index in [4.69, 9.17) is 21.1 Å². The maximum atomic E-state index is 13.9. The number of methoxy groups -OCH3 is 1. The number of rotatable bonds is 12. The number of nitrogens with one attached hydrogen (secondary N) is 1. The summed E-state index contributed by atoms with van der Waals surface area (Å²) in [5.41, 5.74) is 2.35. The first kappa shape index (κ1) is 25.0. The van der Waals surface area contributed by atoms with Gasteiger partial charge < -0.3 is 14.8 Å². The summed E-state index contributed by atoms with van der Waals surface area (Å²) in [5, 5.41) is 16.6. The Balaban J connectivity index is 1.25. The van der Waals surface area contributed by atoms with E-state index in [-0.39, 0.29) is 12.4 Å². The molecule has 0 saturated heterocycles. The lowest BCUT2D eigenvalue weighted by atomic mass is 10.2. The van der Waals surface area contributed by atoms with Crippen molar-refractivity contribution in [2.24, 2.45) is 0 Å². The molecule has 3 aromatic carbocycles. The Kier molecular flexibility index (Phi) is 8.94. The van der Waals surface area contributed by atoms with E-state index < -0.39 is 0 Å². The molecule has 0 bridgehead atoms. The molecule has 0 unspecified atom stereocenters. The number of benzene rings is 3. The van der Waals surface area contributed by atoms with Crippen LogP contribution in [0.1, 0.15) is 17.5 Å². The Hall–Kier alpha value is -3.14. The Bertz CT molecular complexity index is 1240. The number of tetrazole rings is 1. The number of nitrogens with zero attached hydrogens (tertiary/aromatic N) is 4. The molecule has 1 heterocycles. The monoisotopic (exact) mass is 513 g/mol. The second-order valence-corrected chi connectivity index (χ2v) is 9.05. The Morgan fingerprint density at radius 3 is 2.69 bits per heavy atom. The van der Waals surface area contributed by atoms with Crippen LogP contribution in [0.5, 0.6) is 11.5 Å². The first-order valence-electron chi connectivity index (χ1n) is 11.1. The van der Waals surface area contributed by atoms with Gasteiger partial charge >= 0.3 is 0 Å². The van der Waals surface area contributed by atoms with Gasteiger partial charge in [0.15, 0.2) is 11.5 Å². The molecule has 0 aliphatic rings. The largest absolute Gasteiger partial charge is 0.493 e. The predicted octanol–water partition coefficient (Wildman–Crippen LogP) is 5.31. The molecule has 10 heteroatoms. The molecule has 7 nitrogen and oxygen atoms in total. The summed E-state index contributed by atoms with van der Waals surface area (Å²) >= 11 is 8.07. The second kappa shape index (κ2) is 12.5. The van der Waals surface area contributed by atoms with Crippen molar-refractivity contribution in [3.05, 3.63) is 88.7 Å². The summed E-state index contributed by atoms with van der Waals surface area (Å²) in [4.78, 5) is 0. The molecule has 4 aromatic rings. The lowest BCUT2D eigenvalue weighted by Gasteiger charge is -2.15. The van der Waals surface area contributed by atoms with Crippen LogP contribution in [0.4, 0.5) is 4.39 Å². The van der Waals surface area contributed by atoms with Crippen molar-refractivity contribution in [2.75, 3.05) is 19.4 Å². The van der Waals surface area contributed by atoms with Gasteiger partial charge in [0.05, 0.1) is 17.8 Å². The predicted molar refractivity (Wildman–Crippen MR) is 135 cm³/mol. The third-order valence-electron chi connectivity index (χ3n) is 5.12. The normalized spacial score (nSPS) is 10.9. The zero-order valence-electron chi connectivity index (χ0n) is 19.2. The van der Waals surface area contributed by atoms with Crippen molar-refractivity contribution in [3.8, 4) is 17.2 Å². The van der Waals surface area contributed by atoms with Crippen LogP contribution >= 0.6 is 23.4 Å². The molecule has 1 aromatic heterocycles. The van der Waals surface area contributed by atoms with Crippen LogP contribution in [0.25, 0.3) is 5.69 Å². The van der Waals surface area contributed by atoms with Crippen LogP contribution in [0.3, 0.4) is 0 Å². The van der Waals surface area contributed by atoms with E-state index in [0.29, 0.717) is 28.6 Å². The van der Waals surface area contributed by atoms with Gasteiger partial charge in [-0.15, -0.1) is 5.10 Å². The fourth-order valence-corrected chi connectivity index (χ4v) is 4.49. The summed E-state index contributed by atoms with van der Waals surface area (Å²) in [7, 11) is 1.55. The van der Waals surface area contributed by atoms with Crippen molar-refractivity contribution in [3.63, 3.8) is 0 Å². The van der Waals surface area contributed by atoms with Crippen LogP contribution in [-0.2, 0) is 13.2 Å². The highest BCUT2D eigenvalue weighted by molar-refractivity contribution is 7.99. The molecule has 4 rings (SSSR count). The molecule has 0 radical (unpaired) electrons. The summed E-state index contributed by atoms with van der Waals surface area (Å²) in [5.74, 6) is 1.45. The van der Waals surface area contributed by atoms with Crippen LogP contribution in [0.15, 0.2) is 71.9 Å². The van der Waals surface area contributed by atoms with Crippen LogP contribution in [-0.4, -0.2) is 39.6 Å². The molecule has 0 aliphatic carbocycles. The highest BCUT2D eigenvalue weighted by Crippen LogP contribution is 2.37. The number of hydrogen-bond acceptors (Lipinski definition) is 7. The van der Waals surface area contributed by atoms with E-state index in [2.05, 4.69) is 20.8 Å². The lowest BCUT2D eigenvalue weighted by Crippen LogP contribution is -2.15. The maximum Gasteiger partial charge on any atom is 0.214 e. The molecule has 182 valence electrons. The Morgan fingerprint density at radius 2 is 1.89 bits per heavy atom. The van der Waals surface area contributed by atoms with E-state index in [9.17, 15) is 4.39 Å². The Labute approximate surface area is 212 Å². The smallest absolute Gasteiger partial charge is 0.214 e. The van der Waals surface area contributed by atoms with Gasteiger partial charge in [0.2, 0.25) is 5.16 Å². The van der Waals surface area contributed by atoms with Gasteiger partial charge in [-0.05, 0) is 59.3 Å². The molecule has 0 spiro atoms. The van der Waals surface area contributed by atoms with Gasteiger partial charge in [0.1, 0.15) is 12.4 Å². The number of aromatic nitrogens is 4. The first-order valence-corrected chi connectivity index (χ1v) is 12.4. The third-order valence-corrected chi connectivity index (χ3v) is 6.41. The molecular formula is C25H25ClFN5O2S. The number of thioether (sulfide) groups is 1. The summed E-state index contributed by atoms with van der Waals surface area (Å²) in [6.07, 6.45) is 0.932. The number of halogens is 2. The molecule has 0 atom stereocenters. The van der Waals surface area contributed by atoms with E-state index in [1.165, 1.54) is 6.07 Å². The zero-order valence-corrected chi connectivity index (χ0v) is 20.7. The van der Waals surface area contributed by atoms with Crippen molar-refractivity contribution >= 4 is 23.4 Å². The van der Waals surface area contributed by atoms with Gasteiger partial charge in [-0.25, -0.2) is 4.39 Å². The van der Waals surface area contributed by atoms with Gasteiger partial charge in [-0.3, -0.25) is 0 Å². The molecular weight excluding hydrogens is 489 g/mol. The minimum Gasteiger partial charge on any atom is -0.493 e. The quantitative estimate of drug-likeness (QED) is 0.203. The van der Waals surface area contributed by atoms with Crippen LogP contribution < -0.4 is 14.8 Å². The SMILES string of the molecule is COc1cc(CNCCCSc2nnnn2-c2ccccc2)cc(Cl)c1OCc1ccccc1F. The lowest BCUT2D eigenvalue weighted by molar-refractivity contribution is 0.279. The summed E-state index contributed by atoms with van der Waals surface area (Å²) < 4.78 is 26.9. The molecule has 35 heavy (non-hydrogen) atoms. The van der Waals surface area contributed by atoms with Crippen LogP contribution in [0, 0.1) is 5.82 Å². The first-order chi connectivity index (χ1) is 17.2. The molecule has 0 amide bonds. The second-order valence-electron chi connectivity index (χ2n) is 7.58. The molecule has 0 saturated carbocycles. The molecule has 0 aliphatic heterocycles. The summed E-state index contributed by atoms with van der Waals surface area (Å²) in [6.45, 7) is 1.49. The highest BCUT2D eigenvalue weighted by atomic mass is 35.5. The van der Waals surface area contributed by atoms with Crippen LogP contribution in [0.2, 0.25) is 5.02 Å². The number of ether oxygens (including phenoxy) is 2. The van der Waals surface area contributed by atoms with Crippen molar-refractivity contribution in [1.29, 1.82) is 0 Å². The summed E-state index contributed by atoms with van der Waals surface area (Å²) in [6, 6.07) is 20.0. The average molecular weight is 514 g/mol. The maximum absolute atomic E-state index is 13.9. The van der Waals surface area contributed by atoms with Gasteiger partial charge in [0.25, 0.3) is 0 Å². The minimum atomic E-state index is -0.321. The standard InChI is InChI=1S/C25H25ClFN5O2S/c1-33-23-15-18(14-21(26)24(23)34-17-19-8-5-6-11-22(19)27)16-28-12-7-13-35-25-29-30-31-32(25)20-9-3-2-4-10-20/h2-6,8-11,14-15,28H,7,12-13,16-17H2,1H3. The topological polar surface area (TPSA) is 74.1 Å². The fourth-order valence-electron chi connectivity index (χ4n) is 3.37. The molecule has 1 N–H and O–H groups in total. The van der Waals surface area contributed by atoms with E-state index in [1.807, 2.05) is 42.5 Å². The van der Waals surface area contributed by atoms with E-state index in [1.54, 1.807) is 41.8 Å². The van der Waals surface area contributed by atoms with Crippen molar-refractivity contribution in [1.82, 2.24) is 25.5 Å². The van der Waals surface area contributed by atoms with E-state index in [0.717, 1.165) is 35.1 Å². The fraction of sp³-hybridized carbons (Fsp3) is 0.240. The highest BCUT2D eigenvalue weighted by Gasteiger charge is 2.14. The van der Waals surface area contributed by atoms with E-state index >= 15 is 0 Å². The number of para-hydroxylation sites is 1. The molecule has 0 fully saturated rings. The van der Waals surface area contributed by atoms with Gasteiger partial charge in [-0.1, -0.05) is 59.8 Å². The van der Waals surface area contributed by atoms with Gasteiger partial charge in [-0.2, -0.15) is 4.68 Å². The minimum absolute atomic E-state index is 0.0611. The van der Waals surface area contributed by atoms with Crippen molar-refractivity contribution < 1.29 is 13.9 Å². The zero-order chi connectivity index (χ0) is 24.5. The van der Waals surface area contributed by atoms with Gasteiger partial charge in [0, 0.05) is 17.9 Å². The average Bonchev–Trinajstić information content (AvgIpc) is 3.35. The third kappa shape index (κ3) is 6.72.